The summed E-state index contributed by atoms with van der Waals surface area (Å²) >= 11 is 0. The van der Waals surface area contributed by atoms with Gasteiger partial charge in [0.1, 0.15) is 18.3 Å². The van der Waals surface area contributed by atoms with Crippen molar-refractivity contribution in [2.45, 2.75) is 128 Å². The maximum absolute atomic E-state index is 12.4. The summed E-state index contributed by atoms with van der Waals surface area (Å²) in [4.78, 5) is 44.7. The van der Waals surface area contributed by atoms with Gasteiger partial charge in [0.25, 0.3) is 0 Å². The van der Waals surface area contributed by atoms with Crippen LogP contribution in [0.4, 0.5) is 39.5 Å². The zero-order chi connectivity index (χ0) is 48.6. The van der Waals surface area contributed by atoms with E-state index >= 15 is 0 Å². The number of benzene rings is 1. The lowest BCUT2D eigenvalue weighted by molar-refractivity contribution is -0.261. The van der Waals surface area contributed by atoms with E-state index in [-0.39, 0.29) is 52.7 Å². The third-order valence-corrected chi connectivity index (χ3v) is 10.00. The highest BCUT2D eigenvalue weighted by atomic mass is 19.4. The molecule has 3 aliphatic rings. The molecule has 2 bridgehead atoms. The number of hydrogen-bond donors (Lipinski definition) is 3. The number of rotatable bonds is 12. The highest BCUT2D eigenvalue weighted by Gasteiger charge is 2.63. The second kappa shape index (κ2) is 21.1. The van der Waals surface area contributed by atoms with Crippen molar-refractivity contribution in [1.29, 1.82) is 0 Å². The molecule has 3 fully saturated rings. The molecule has 0 amide bonds. The van der Waals surface area contributed by atoms with Crippen LogP contribution >= 0.6 is 0 Å². The van der Waals surface area contributed by atoms with Gasteiger partial charge < -0.3 is 34.3 Å². The van der Waals surface area contributed by atoms with Crippen LogP contribution in [-0.4, -0.2) is 93.8 Å². The van der Waals surface area contributed by atoms with Gasteiger partial charge in [0.2, 0.25) is 0 Å². The molecule has 350 valence electrons. The summed E-state index contributed by atoms with van der Waals surface area (Å²) in [6.45, 7) is 20.8. The molecule has 1 aromatic carbocycles. The van der Waals surface area contributed by atoms with E-state index < -0.39 is 72.8 Å². The van der Waals surface area contributed by atoms with Crippen LogP contribution in [0.25, 0.3) is 6.08 Å². The third-order valence-electron chi connectivity index (χ3n) is 10.00. The fraction of sp³-hybridized carbons (Fsp3) is 0.571. The number of hydrogen-bond acceptors (Lipinski definition) is 11. The summed E-state index contributed by atoms with van der Waals surface area (Å²) in [6, 6.07) is 5.43. The van der Waals surface area contributed by atoms with Gasteiger partial charge in [0.05, 0.1) is 12.5 Å². The Bertz CT molecular complexity index is 1790. The van der Waals surface area contributed by atoms with Crippen LogP contribution in [-0.2, 0) is 43.7 Å². The minimum absolute atomic E-state index is 0.0646. The Labute approximate surface area is 353 Å². The van der Waals surface area contributed by atoms with Gasteiger partial charge in [-0.3, -0.25) is 4.79 Å². The smallest absolute Gasteiger partial charge is 0.421 e. The van der Waals surface area contributed by atoms with E-state index in [0.29, 0.717) is 30.9 Å². The number of aliphatic hydroxyl groups is 3. The molecule has 11 nitrogen and oxygen atoms in total. The molecule has 9 unspecified atom stereocenters. The fourth-order valence-corrected chi connectivity index (χ4v) is 6.00. The first kappa shape index (κ1) is 55.3. The Morgan fingerprint density at radius 1 is 0.790 bits per heavy atom. The van der Waals surface area contributed by atoms with E-state index in [1.165, 1.54) is 51.1 Å². The molecule has 0 radical (unpaired) electrons. The molecule has 20 heteroatoms. The summed E-state index contributed by atoms with van der Waals surface area (Å²) in [5, 5.41) is 27.4. The maximum Gasteiger partial charge on any atom is 0.421 e. The van der Waals surface area contributed by atoms with Gasteiger partial charge in [0, 0.05) is 41.4 Å². The van der Waals surface area contributed by atoms with E-state index in [2.05, 4.69) is 35.8 Å². The van der Waals surface area contributed by atoms with E-state index in [1.54, 1.807) is 6.92 Å². The molecule has 4 rings (SSSR count). The average molecular weight is 905 g/mol. The second-order valence-electron chi connectivity index (χ2n) is 15.9. The Morgan fingerprint density at radius 3 is 1.69 bits per heavy atom. The topological polar surface area (TPSA) is 166 Å². The molecule has 0 spiro atoms. The van der Waals surface area contributed by atoms with Crippen LogP contribution in [0.15, 0.2) is 67.3 Å². The summed E-state index contributed by atoms with van der Waals surface area (Å²) < 4.78 is 130. The zero-order valence-electron chi connectivity index (χ0n) is 35.2. The summed E-state index contributed by atoms with van der Waals surface area (Å²) in [6.07, 6.45) is -13.8. The standard InChI is InChI=1S/C12H14O4.C11H11F3O.C10H15F3O3.C9H13F3O3/c1-5(2)11(13)15-9-6-3-7-8(4-6)12(14)16-10(7)9;1-3-8-4-6-9(7-5-8)10(2,15)11(12,13)14;1-6(2)8(14)16-7(3)5-9(4,15)10(11,12)13;1-6(2)7(13)15-5-4-8(3,14)9(10,11)12/h6-10H,1,3-4H2,2H3;3-7,15H,1H2,2H3;7,15H,1,5H2,2-4H3;14H,1,4-5H2,2-3H3. The van der Waals surface area contributed by atoms with Gasteiger partial charge in [-0.1, -0.05) is 56.7 Å². The lowest BCUT2D eigenvalue weighted by Crippen LogP contribution is -2.45. The average Bonchev–Trinajstić information content (AvgIpc) is 3.76. The Morgan fingerprint density at radius 2 is 1.27 bits per heavy atom. The highest BCUT2D eigenvalue weighted by molar-refractivity contribution is 5.88. The first-order valence-corrected chi connectivity index (χ1v) is 18.8. The predicted octanol–water partition coefficient (Wildman–Crippen LogP) is 8.16. The van der Waals surface area contributed by atoms with Crippen LogP contribution in [0.2, 0.25) is 0 Å². The Balaban J connectivity index is 0.000000414. The van der Waals surface area contributed by atoms with Gasteiger partial charge in [-0.15, -0.1) is 0 Å². The van der Waals surface area contributed by atoms with E-state index in [4.69, 9.17) is 19.7 Å². The molecule has 2 saturated carbocycles. The van der Waals surface area contributed by atoms with Crippen LogP contribution in [0, 0.1) is 17.8 Å². The SMILES string of the molecule is C=C(C)C(=O)OC(C)CC(C)(O)C(F)(F)F.C=C(C)C(=O)OC1C2CC3C(=O)OC1C3C2.C=C(C)C(=O)OCCC(C)(O)C(F)(F)F.C=Cc1ccc(C(C)(O)C(F)(F)F)cc1. The molecule has 2 aliphatic carbocycles. The normalized spacial score (nSPS) is 23.3. The molecular formula is C42H53F9O11. The third kappa shape index (κ3) is 15.0. The molecule has 0 aromatic heterocycles. The fourth-order valence-electron chi connectivity index (χ4n) is 6.00. The molecule has 1 saturated heterocycles. The van der Waals surface area contributed by atoms with Gasteiger partial charge in [-0.25, -0.2) is 14.4 Å². The Hall–Kier alpha value is -4.69. The number of fused-ring (bicyclic) bond motifs is 1. The van der Waals surface area contributed by atoms with Crippen LogP contribution < -0.4 is 0 Å². The number of carbonyl (C=O) groups is 4. The van der Waals surface area contributed by atoms with Crippen molar-refractivity contribution in [3.05, 3.63) is 78.4 Å². The maximum atomic E-state index is 12.4. The number of alkyl halides is 9. The van der Waals surface area contributed by atoms with Crippen molar-refractivity contribution in [2.24, 2.45) is 17.8 Å². The molecule has 1 heterocycles. The van der Waals surface area contributed by atoms with E-state index in [0.717, 1.165) is 19.8 Å². The number of carbonyl (C=O) groups excluding carboxylic acids is 4. The molecule has 62 heavy (non-hydrogen) atoms. The number of esters is 4. The van der Waals surface area contributed by atoms with E-state index in [1.807, 2.05) is 0 Å². The quantitative estimate of drug-likeness (QED) is 0.0802. The Kier molecular flexibility index (Phi) is 18.8. The van der Waals surface area contributed by atoms with Crippen LogP contribution in [0.5, 0.6) is 0 Å². The van der Waals surface area contributed by atoms with Crippen molar-refractivity contribution >= 4 is 30.0 Å². The molecule has 9 atom stereocenters. The first-order chi connectivity index (χ1) is 27.9. The largest absolute Gasteiger partial charge is 0.462 e. The van der Waals surface area contributed by atoms with Crippen molar-refractivity contribution in [2.75, 3.05) is 6.61 Å². The van der Waals surface area contributed by atoms with E-state index in [9.17, 15) is 63.8 Å². The molecule has 3 N–H and O–H groups in total. The van der Waals surface area contributed by atoms with Crippen LogP contribution in [0.1, 0.15) is 85.3 Å². The lowest BCUT2D eigenvalue weighted by atomic mass is 9.88. The molecular weight excluding hydrogens is 851 g/mol. The molecule has 1 aliphatic heterocycles. The minimum Gasteiger partial charge on any atom is -0.462 e. The molecule has 1 aromatic rings. The van der Waals surface area contributed by atoms with Gasteiger partial charge in [-0.05, 0) is 72.4 Å². The minimum atomic E-state index is -4.75. The van der Waals surface area contributed by atoms with Gasteiger partial charge in [0.15, 0.2) is 16.8 Å². The lowest BCUT2D eigenvalue weighted by Gasteiger charge is -2.28. The highest BCUT2D eigenvalue weighted by Crippen LogP contribution is 2.55. The van der Waals surface area contributed by atoms with Gasteiger partial charge >= 0.3 is 42.4 Å². The summed E-state index contributed by atoms with van der Waals surface area (Å²) in [7, 11) is 0. The zero-order valence-corrected chi connectivity index (χ0v) is 35.2. The number of ether oxygens (including phenoxy) is 4. The van der Waals surface area contributed by atoms with Crippen molar-refractivity contribution < 1.29 is 93.0 Å². The van der Waals surface area contributed by atoms with Gasteiger partial charge in [-0.2, -0.15) is 39.5 Å². The van der Waals surface area contributed by atoms with Crippen molar-refractivity contribution in [3.8, 4) is 0 Å². The summed E-state index contributed by atoms with van der Waals surface area (Å²) in [5.74, 6) is -1.38. The van der Waals surface area contributed by atoms with Crippen molar-refractivity contribution in [1.82, 2.24) is 0 Å². The monoisotopic (exact) mass is 904 g/mol. The van der Waals surface area contributed by atoms with Crippen LogP contribution in [0.3, 0.4) is 0 Å². The second-order valence-corrected chi connectivity index (χ2v) is 15.9. The number of halogens is 9. The first-order valence-electron chi connectivity index (χ1n) is 18.8. The predicted molar refractivity (Wildman–Crippen MR) is 205 cm³/mol. The van der Waals surface area contributed by atoms with Crippen molar-refractivity contribution in [3.63, 3.8) is 0 Å². The summed E-state index contributed by atoms with van der Waals surface area (Å²) in [5.41, 5.74) is -7.42.